The Kier molecular flexibility index (Phi) is 3.06. The number of amides is 2. The largest absolute Gasteiger partial charge is 0.337 e. The van der Waals surface area contributed by atoms with E-state index in [9.17, 15) is 9.59 Å². The molecule has 0 aliphatic carbocycles. The van der Waals surface area contributed by atoms with Crippen molar-refractivity contribution in [1.82, 2.24) is 14.5 Å². The summed E-state index contributed by atoms with van der Waals surface area (Å²) in [5.41, 5.74) is 2.70. The SMILES string of the molecule is CC(C)c1c[nH]c(=S)n1-c1ccc2c(c1)C(=O)N(C)C2=O. The van der Waals surface area contributed by atoms with Gasteiger partial charge < -0.3 is 4.98 Å². The fourth-order valence-electron chi connectivity index (χ4n) is 2.56. The Morgan fingerprint density at radius 3 is 2.48 bits per heavy atom. The summed E-state index contributed by atoms with van der Waals surface area (Å²) in [5.74, 6) is -0.250. The highest BCUT2D eigenvalue weighted by Gasteiger charge is 2.33. The predicted molar refractivity (Wildman–Crippen MR) is 81.5 cm³/mol. The molecule has 0 saturated heterocycles. The summed E-state index contributed by atoms with van der Waals surface area (Å²) in [6, 6.07) is 5.24. The minimum absolute atomic E-state index is 0.261. The molecule has 0 spiro atoms. The minimum Gasteiger partial charge on any atom is -0.337 e. The number of aromatic nitrogens is 2. The van der Waals surface area contributed by atoms with Crippen molar-refractivity contribution in [2.24, 2.45) is 0 Å². The highest BCUT2D eigenvalue weighted by molar-refractivity contribution is 7.71. The standard InChI is InChI=1S/C15H15N3O2S/c1-8(2)12-7-16-15(21)18(12)9-4-5-10-11(6-9)14(20)17(3)13(10)19/h4-8H,1-3H3,(H,16,21). The Morgan fingerprint density at radius 1 is 1.14 bits per heavy atom. The van der Waals surface area contributed by atoms with Crippen LogP contribution in [0.5, 0.6) is 0 Å². The zero-order chi connectivity index (χ0) is 15.3. The van der Waals surface area contributed by atoms with Crippen molar-refractivity contribution in [3.63, 3.8) is 0 Å². The number of carbonyl (C=O) groups excluding carboxylic acids is 2. The number of fused-ring (bicyclic) bond motifs is 1. The first kappa shape index (κ1) is 13.8. The first-order valence-corrected chi connectivity index (χ1v) is 7.09. The van der Waals surface area contributed by atoms with E-state index in [1.807, 2.05) is 16.8 Å². The van der Waals surface area contributed by atoms with Crippen molar-refractivity contribution < 1.29 is 9.59 Å². The lowest BCUT2D eigenvalue weighted by molar-refractivity contribution is 0.0693. The van der Waals surface area contributed by atoms with Crippen LogP contribution in [-0.2, 0) is 0 Å². The van der Waals surface area contributed by atoms with Gasteiger partial charge in [-0.3, -0.25) is 19.1 Å². The van der Waals surface area contributed by atoms with E-state index in [-0.39, 0.29) is 17.7 Å². The van der Waals surface area contributed by atoms with Crippen LogP contribution in [0.4, 0.5) is 0 Å². The molecule has 5 nitrogen and oxygen atoms in total. The number of nitrogens with one attached hydrogen (secondary N) is 1. The van der Waals surface area contributed by atoms with Gasteiger partial charge in [0, 0.05) is 24.6 Å². The number of hydrogen-bond donors (Lipinski definition) is 1. The zero-order valence-electron chi connectivity index (χ0n) is 12.0. The number of rotatable bonds is 2. The Bertz CT molecular complexity index is 817. The molecule has 0 radical (unpaired) electrons. The molecule has 108 valence electrons. The predicted octanol–water partition coefficient (Wildman–Crippen LogP) is 2.88. The molecule has 0 unspecified atom stereocenters. The molecule has 1 aliphatic heterocycles. The molecular weight excluding hydrogens is 286 g/mol. The number of benzene rings is 1. The Hall–Kier alpha value is -2.21. The maximum absolute atomic E-state index is 12.1. The number of H-pyrrole nitrogens is 1. The molecule has 2 aromatic rings. The van der Waals surface area contributed by atoms with Gasteiger partial charge in [-0.2, -0.15) is 0 Å². The van der Waals surface area contributed by atoms with Gasteiger partial charge in [0.15, 0.2) is 4.77 Å². The maximum atomic E-state index is 12.1. The lowest BCUT2D eigenvalue weighted by Gasteiger charge is -2.11. The molecule has 1 aromatic heterocycles. The minimum atomic E-state index is -0.273. The highest BCUT2D eigenvalue weighted by Crippen LogP contribution is 2.26. The second-order valence-corrected chi connectivity index (χ2v) is 5.79. The molecule has 1 N–H and O–H groups in total. The van der Waals surface area contributed by atoms with Gasteiger partial charge in [0.2, 0.25) is 0 Å². The Morgan fingerprint density at radius 2 is 1.81 bits per heavy atom. The fraction of sp³-hybridized carbons (Fsp3) is 0.267. The van der Waals surface area contributed by atoms with Gasteiger partial charge in [-0.05, 0) is 36.3 Å². The smallest absolute Gasteiger partial charge is 0.261 e. The lowest BCUT2D eigenvalue weighted by atomic mass is 10.1. The summed E-state index contributed by atoms with van der Waals surface area (Å²) in [6.45, 7) is 4.15. The van der Waals surface area contributed by atoms with Crippen LogP contribution in [0.3, 0.4) is 0 Å². The average Bonchev–Trinajstić information content (AvgIpc) is 2.94. The van der Waals surface area contributed by atoms with Gasteiger partial charge in [0.05, 0.1) is 11.1 Å². The third kappa shape index (κ3) is 1.94. The number of imidazole rings is 1. The van der Waals surface area contributed by atoms with Crippen LogP contribution < -0.4 is 0 Å². The van der Waals surface area contributed by atoms with E-state index in [0.29, 0.717) is 15.9 Å². The molecule has 6 heteroatoms. The van der Waals surface area contributed by atoms with Gasteiger partial charge in [-0.25, -0.2) is 0 Å². The normalized spacial score (nSPS) is 14.2. The summed E-state index contributed by atoms with van der Waals surface area (Å²) >= 11 is 5.32. The quantitative estimate of drug-likeness (QED) is 0.685. The molecule has 0 fully saturated rings. The summed E-state index contributed by atoms with van der Waals surface area (Å²) in [6.07, 6.45) is 1.87. The molecule has 3 rings (SSSR count). The lowest BCUT2D eigenvalue weighted by Crippen LogP contribution is -2.24. The summed E-state index contributed by atoms with van der Waals surface area (Å²) < 4.78 is 2.47. The highest BCUT2D eigenvalue weighted by atomic mass is 32.1. The van der Waals surface area contributed by atoms with E-state index in [2.05, 4.69) is 18.8 Å². The molecule has 0 saturated carbocycles. The van der Waals surface area contributed by atoms with Crippen molar-refractivity contribution in [3.05, 3.63) is 46.0 Å². The van der Waals surface area contributed by atoms with Gasteiger partial charge in [-0.15, -0.1) is 0 Å². The number of carbonyl (C=O) groups is 2. The molecule has 1 aromatic carbocycles. The van der Waals surface area contributed by atoms with E-state index in [0.717, 1.165) is 16.3 Å². The monoisotopic (exact) mass is 301 g/mol. The van der Waals surface area contributed by atoms with E-state index in [4.69, 9.17) is 12.2 Å². The second-order valence-electron chi connectivity index (χ2n) is 5.41. The third-order valence-electron chi connectivity index (χ3n) is 3.73. The Labute approximate surface area is 127 Å². The summed E-state index contributed by atoms with van der Waals surface area (Å²) in [4.78, 5) is 28.2. The molecule has 2 heterocycles. The van der Waals surface area contributed by atoms with Crippen molar-refractivity contribution >= 4 is 24.0 Å². The van der Waals surface area contributed by atoms with E-state index in [1.54, 1.807) is 12.1 Å². The van der Waals surface area contributed by atoms with Crippen molar-refractivity contribution in [3.8, 4) is 5.69 Å². The Balaban J connectivity index is 2.20. The zero-order valence-corrected chi connectivity index (χ0v) is 12.8. The van der Waals surface area contributed by atoms with Crippen LogP contribution in [-0.4, -0.2) is 33.3 Å². The molecule has 2 amide bonds. The van der Waals surface area contributed by atoms with Crippen molar-refractivity contribution in [2.45, 2.75) is 19.8 Å². The van der Waals surface area contributed by atoms with Crippen LogP contribution in [0.15, 0.2) is 24.4 Å². The number of hydrogen-bond acceptors (Lipinski definition) is 3. The van der Waals surface area contributed by atoms with Crippen LogP contribution in [0.25, 0.3) is 5.69 Å². The molecule has 0 atom stereocenters. The van der Waals surface area contributed by atoms with Gasteiger partial charge in [0.1, 0.15) is 0 Å². The van der Waals surface area contributed by atoms with Crippen molar-refractivity contribution in [1.29, 1.82) is 0 Å². The van der Waals surface area contributed by atoms with Gasteiger partial charge in [0.25, 0.3) is 11.8 Å². The third-order valence-corrected chi connectivity index (χ3v) is 4.03. The average molecular weight is 301 g/mol. The fourth-order valence-corrected chi connectivity index (χ4v) is 2.83. The summed E-state index contributed by atoms with van der Waals surface area (Å²) in [5, 5.41) is 0. The van der Waals surface area contributed by atoms with Gasteiger partial charge >= 0.3 is 0 Å². The molecular formula is C15H15N3O2S. The maximum Gasteiger partial charge on any atom is 0.261 e. The van der Waals surface area contributed by atoms with E-state index < -0.39 is 0 Å². The van der Waals surface area contributed by atoms with Crippen LogP contribution in [0.2, 0.25) is 0 Å². The molecule has 0 bridgehead atoms. The summed E-state index contributed by atoms with van der Waals surface area (Å²) in [7, 11) is 1.49. The molecule has 1 aliphatic rings. The number of aromatic amines is 1. The van der Waals surface area contributed by atoms with Crippen LogP contribution in [0.1, 0.15) is 46.2 Å². The first-order chi connectivity index (χ1) is 9.91. The van der Waals surface area contributed by atoms with E-state index in [1.165, 1.54) is 7.05 Å². The molecule has 21 heavy (non-hydrogen) atoms. The van der Waals surface area contributed by atoms with E-state index >= 15 is 0 Å². The first-order valence-electron chi connectivity index (χ1n) is 6.69. The van der Waals surface area contributed by atoms with Crippen LogP contribution >= 0.6 is 12.2 Å². The van der Waals surface area contributed by atoms with Gasteiger partial charge in [-0.1, -0.05) is 13.8 Å². The van der Waals surface area contributed by atoms with Crippen LogP contribution in [0, 0.1) is 4.77 Å². The number of imide groups is 1. The van der Waals surface area contributed by atoms with Crippen molar-refractivity contribution in [2.75, 3.05) is 7.05 Å². The second kappa shape index (κ2) is 4.66. The number of nitrogens with zero attached hydrogens (tertiary/aromatic N) is 2. The topological polar surface area (TPSA) is 58.1 Å².